The molecule has 0 saturated carbocycles. The van der Waals surface area contributed by atoms with Crippen molar-refractivity contribution in [1.82, 2.24) is 0 Å². The van der Waals surface area contributed by atoms with Gasteiger partial charge < -0.3 is 33.5 Å². The molecule has 0 aromatic rings. The van der Waals surface area contributed by atoms with Crippen LogP contribution in [0.25, 0.3) is 0 Å². The summed E-state index contributed by atoms with van der Waals surface area (Å²) in [6.45, 7) is 3.74. The summed E-state index contributed by atoms with van der Waals surface area (Å²) < 4.78 is 29.9. The van der Waals surface area contributed by atoms with Crippen LogP contribution in [0.2, 0.25) is 0 Å². The van der Waals surface area contributed by atoms with Gasteiger partial charge in [-0.15, -0.1) is 0 Å². The molecule has 12 nitrogen and oxygen atoms in total. The first-order chi connectivity index (χ1) is 12.5. The van der Waals surface area contributed by atoms with Crippen LogP contribution < -0.4 is 0 Å². The van der Waals surface area contributed by atoms with E-state index < -0.39 is 67.3 Å². The molecule has 0 aliphatic carbocycles. The fraction of sp³-hybridized carbons (Fsp3) is 0.667. The van der Waals surface area contributed by atoms with Crippen molar-refractivity contribution in [3.63, 3.8) is 0 Å². The van der Waals surface area contributed by atoms with Gasteiger partial charge in [-0.3, -0.25) is 19.2 Å². The predicted molar refractivity (Wildman–Crippen MR) is 81.1 cm³/mol. The van der Waals surface area contributed by atoms with Crippen molar-refractivity contribution in [2.24, 2.45) is 0 Å². The maximum absolute atomic E-state index is 11.4. The molecule has 0 unspecified atom stereocenters. The molecule has 1 heterocycles. The molecule has 0 radical (unpaired) electrons. The van der Waals surface area contributed by atoms with Crippen molar-refractivity contribution in [2.45, 2.75) is 58.4 Å². The lowest BCUT2D eigenvalue weighted by Crippen LogP contribution is -2.63. The van der Waals surface area contributed by atoms with Gasteiger partial charge in [0.25, 0.3) is 0 Å². The van der Waals surface area contributed by atoms with Crippen molar-refractivity contribution >= 4 is 30.0 Å². The summed E-state index contributed by atoms with van der Waals surface area (Å²) in [5, 5.41) is 9.00. The third kappa shape index (κ3) is 7.09. The first-order valence-electron chi connectivity index (χ1n) is 7.71. The average Bonchev–Trinajstić information content (AvgIpc) is 2.49. The van der Waals surface area contributed by atoms with E-state index in [1.54, 1.807) is 0 Å². The molecule has 0 aromatic carbocycles. The zero-order valence-corrected chi connectivity index (χ0v) is 15.0. The van der Waals surface area contributed by atoms with E-state index in [1.807, 2.05) is 0 Å². The lowest BCUT2D eigenvalue weighted by molar-refractivity contribution is -0.298. The zero-order chi connectivity index (χ0) is 20.7. The van der Waals surface area contributed by atoms with E-state index in [-0.39, 0.29) is 0 Å². The second kappa shape index (κ2) is 9.71. The fourth-order valence-corrected chi connectivity index (χ4v) is 2.37. The van der Waals surface area contributed by atoms with Gasteiger partial charge in [0.2, 0.25) is 12.4 Å². The Morgan fingerprint density at radius 2 is 1.26 bits per heavy atom. The number of carboxylic acid groups (broad SMARTS) is 1. The minimum absolute atomic E-state index is 0.475. The Labute approximate surface area is 153 Å². The molecule has 12 heteroatoms. The molecule has 5 atom stereocenters. The van der Waals surface area contributed by atoms with E-state index in [0.29, 0.717) is 0 Å². The summed E-state index contributed by atoms with van der Waals surface area (Å²) in [6, 6.07) is 0. The average molecular weight is 392 g/mol. The highest BCUT2D eigenvalue weighted by Crippen LogP contribution is 2.29. The van der Waals surface area contributed by atoms with Crippen molar-refractivity contribution in [3.8, 4) is 0 Å². The number of hydrogen-bond acceptors (Lipinski definition) is 11. The van der Waals surface area contributed by atoms with Gasteiger partial charge in [-0.1, -0.05) is 0 Å². The molecule has 0 spiro atoms. The number of rotatable bonds is 6. The quantitative estimate of drug-likeness (QED) is 0.467. The number of carbonyl (C=O) groups excluding carboxylic acids is 4. The number of hydrogen-bond donors (Lipinski definition) is 1. The van der Waals surface area contributed by atoms with Gasteiger partial charge in [0.05, 0.1) is 0 Å². The van der Waals surface area contributed by atoms with E-state index in [1.165, 1.54) is 0 Å². The van der Waals surface area contributed by atoms with Crippen LogP contribution in [-0.2, 0) is 47.6 Å². The highest BCUT2D eigenvalue weighted by atomic mass is 16.8. The summed E-state index contributed by atoms with van der Waals surface area (Å²) in [6.07, 6.45) is -9.27. The van der Waals surface area contributed by atoms with Crippen LogP contribution in [-0.4, -0.2) is 72.5 Å². The smallest absolute Gasteiger partial charge is 0.463 e. The molecule has 1 aliphatic heterocycles. The Balaban J connectivity index is 3.29. The highest BCUT2D eigenvalue weighted by Gasteiger charge is 2.53. The van der Waals surface area contributed by atoms with Crippen LogP contribution in [0.3, 0.4) is 0 Å². The van der Waals surface area contributed by atoms with Crippen LogP contribution in [0, 0.1) is 0 Å². The lowest BCUT2D eigenvalue weighted by atomic mass is 9.98. The minimum Gasteiger partial charge on any atom is -0.463 e. The summed E-state index contributed by atoms with van der Waals surface area (Å²) in [5.41, 5.74) is 0. The largest absolute Gasteiger partial charge is 0.506 e. The van der Waals surface area contributed by atoms with E-state index >= 15 is 0 Å². The van der Waals surface area contributed by atoms with Crippen LogP contribution >= 0.6 is 0 Å². The SMILES string of the molecule is CC(=O)OC[C@H]1O[C@H](OC(C)=O)[C@@H](OC(C)=O)[C@@H](OC(=O)O)[C@@H]1OC(C)=O. The van der Waals surface area contributed by atoms with E-state index in [9.17, 15) is 24.0 Å². The molecule has 1 rings (SSSR count). The molecule has 1 aliphatic rings. The summed E-state index contributed by atoms with van der Waals surface area (Å²) in [4.78, 5) is 56.3. The summed E-state index contributed by atoms with van der Waals surface area (Å²) in [7, 11) is 0. The van der Waals surface area contributed by atoms with E-state index in [0.717, 1.165) is 27.7 Å². The Hall–Kier alpha value is -2.89. The number of carbonyl (C=O) groups is 5. The van der Waals surface area contributed by atoms with Crippen molar-refractivity contribution in [3.05, 3.63) is 0 Å². The molecule has 152 valence electrons. The van der Waals surface area contributed by atoms with E-state index in [2.05, 4.69) is 0 Å². The first kappa shape index (κ1) is 22.2. The van der Waals surface area contributed by atoms with Crippen molar-refractivity contribution in [1.29, 1.82) is 0 Å². The van der Waals surface area contributed by atoms with Gasteiger partial charge in [-0.25, -0.2) is 4.79 Å². The van der Waals surface area contributed by atoms with Gasteiger partial charge in [0.15, 0.2) is 12.2 Å². The minimum atomic E-state index is -1.77. The maximum atomic E-state index is 11.4. The van der Waals surface area contributed by atoms with Gasteiger partial charge >= 0.3 is 30.0 Å². The Bertz CT molecular complexity index is 600. The zero-order valence-electron chi connectivity index (χ0n) is 15.0. The molecule has 1 saturated heterocycles. The lowest BCUT2D eigenvalue weighted by Gasteiger charge is -2.43. The summed E-state index contributed by atoms with van der Waals surface area (Å²) in [5.74, 6) is -3.21. The Morgan fingerprint density at radius 3 is 1.70 bits per heavy atom. The molecule has 27 heavy (non-hydrogen) atoms. The normalized spacial score (nSPS) is 27.0. The monoisotopic (exact) mass is 392 g/mol. The molecule has 0 amide bonds. The second-order valence-electron chi connectivity index (χ2n) is 5.45. The molecular formula is C15H20O12. The molecule has 0 aromatic heterocycles. The maximum Gasteiger partial charge on any atom is 0.506 e. The molecular weight excluding hydrogens is 372 g/mol. The third-order valence-corrected chi connectivity index (χ3v) is 3.17. The number of esters is 4. The van der Waals surface area contributed by atoms with Crippen LogP contribution in [0.1, 0.15) is 27.7 Å². The first-order valence-corrected chi connectivity index (χ1v) is 7.71. The Morgan fingerprint density at radius 1 is 0.741 bits per heavy atom. The van der Waals surface area contributed by atoms with Crippen LogP contribution in [0.5, 0.6) is 0 Å². The molecule has 0 bridgehead atoms. The number of ether oxygens (including phenoxy) is 6. The molecule has 1 fully saturated rings. The highest BCUT2D eigenvalue weighted by molar-refractivity contribution is 5.68. The second-order valence-corrected chi connectivity index (χ2v) is 5.45. The standard InChI is InChI=1S/C15H20O12/c1-6(16)22-5-10-11(23-7(2)17)12(27-15(20)21)13(24-8(3)18)14(26-10)25-9(4)19/h10-14H,5H2,1-4H3,(H,20,21)/t10-,11-,12+,13+,14+/m1/s1. The van der Waals surface area contributed by atoms with Gasteiger partial charge in [-0.2, -0.15) is 0 Å². The fourth-order valence-electron chi connectivity index (χ4n) is 2.37. The van der Waals surface area contributed by atoms with Crippen molar-refractivity contribution < 1.29 is 57.5 Å². The van der Waals surface area contributed by atoms with Gasteiger partial charge in [0, 0.05) is 27.7 Å². The van der Waals surface area contributed by atoms with Crippen LogP contribution in [0.15, 0.2) is 0 Å². The van der Waals surface area contributed by atoms with Crippen molar-refractivity contribution in [2.75, 3.05) is 6.61 Å². The predicted octanol–water partition coefficient (Wildman–Crippen LogP) is -0.236. The topological polar surface area (TPSA) is 161 Å². The Kier molecular flexibility index (Phi) is 7.97. The van der Waals surface area contributed by atoms with Crippen LogP contribution in [0.4, 0.5) is 4.79 Å². The van der Waals surface area contributed by atoms with Gasteiger partial charge in [-0.05, 0) is 0 Å². The third-order valence-electron chi connectivity index (χ3n) is 3.17. The molecule has 1 N–H and O–H groups in total. The summed E-state index contributed by atoms with van der Waals surface area (Å²) >= 11 is 0. The van der Waals surface area contributed by atoms with E-state index in [4.69, 9.17) is 33.5 Å². The van der Waals surface area contributed by atoms with Gasteiger partial charge in [0.1, 0.15) is 12.7 Å².